The van der Waals surface area contributed by atoms with Gasteiger partial charge in [0.1, 0.15) is 0 Å². The highest BCUT2D eigenvalue weighted by Crippen LogP contribution is 2.38. The maximum absolute atomic E-state index is 12.6. The molecule has 0 bridgehead atoms. The average Bonchev–Trinajstić information content (AvgIpc) is 2.89. The highest BCUT2D eigenvalue weighted by molar-refractivity contribution is 7.10. The van der Waals surface area contributed by atoms with Gasteiger partial charge in [-0.05, 0) is 54.5 Å². The van der Waals surface area contributed by atoms with Crippen LogP contribution in [-0.2, 0) is 12.6 Å². The van der Waals surface area contributed by atoms with Crippen molar-refractivity contribution in [2.45, 2.75) is 31.5 Å². The van der Waals surface area contributed by atoms with Crippen LogP contribution in [0, 0.1) is 0 Å². The Morgan fingerprint density at radius 1 is 1.24 bits per heavy atom. The van der Waals surface area contributed by atoms with E-state index in [9.17, 15) is 13.2 Å². The van der Waals surface area contributed by atoms with Crippen LogP contribution in [0.25, 0.3) is 0 Å². The lowest BCUT2D eigenvalue weighted by molar-refractivity contribution is -0.137. The maximum atomic E-state index is 12.6. The number of anilines is 1. The molecule has 0 amide bonds. The molecule has 2 aromatic rings. The first-order chi connectivity index (χ1) is 9.95. The van der Waals surface area contributed by atoms with E-state index in [4.69, 9.17) is 11.6 Å². The van der Waals surface area contributed by atoms with Crippen LogP contribution in [-0.4, -0.2) is 0 Å². The minimum Gasteiger partial charge on any atom is -0.377 e. The molecule has 0 saturated heterocycles. The Hall–Kier alpha value is -1.20. The number of nitrogens with one attached hydrogen (secondary N) is 1. The van der Waals surface area contributed by atoms with E-state index < -0.39 is 11.7 Å². The van der Waals surface area contributed by atoms with Gasteiger partial charge in [-0.1, -0.05) is 11.6 Å². The van der Waals surface area contributed by atoms with E-state index in [-0.39, 0.29) is 11.1 Å². The van der Waals surface area contributed by atoms with Crippen LogP contribution in [0.4, 0.5) is 18.9 Å². The zero-order valence-corrected chi connectivity index (χ0v) is 12.6. The topological polar surface area (TPSA) is 12.0 Å². The Labute approximate surface area is 129 Å². The highest BCUT2D eigenvalue weighted by atomic mass is 35.5. The molecule has 0 spiro atoms. The van der Waals surface area contributed by atoms with E-state index in [1.54, 1.807) is 11.3 Å². The average molecular weight is 332 g/mol. The van der Waals surface area contributed by atoms with Gasteiger partial charge < -0.3 is 5.32 Å². The van der Waals surface area contributed by atoms with Crippen LogP contribution >= 0.6 is 22.9 Å². The lowest BCUT2D eigenvalue weighted by atomic mass is 9.94. The van der Waals surface area contributed by atoms with E-state index in [1.165, 1.54) is 16.5 Å². The van der Waals surface area contributed by atoms with Crippen molar-refractivity contribution in [3.8, 4) is 0 Å². The fourth-order valence-electron chi connectivity index (χ4n) is 2.63. The third kappa shape index (κ3) is 3.04. The van der Waals surface area contributed by atoms with Crippen molar-refractivity contribution >= 4 is 28.6 Å². The molecule has 1 nitrogen and oxygen atoms in total. The fraction of sp³-hybridized carbons (Fsp3) is 0.333. The summed E-state index contributed by atoms with van der Waals surface area (Å²) in [5.41, 5.74) is 1.06. The minimum atomic E-state index is -4.37. The monoisotopic (exact) mass is 331 g/mol. The van der Waals surface area contributed by atoms with Crippen molar-refractivity contribution in [2.75, 3.05) is 5.32 Å². The van der Waals surface area contributed by atoms with Crippen LogP contribution in [0.1, 0.15) is 34.9 Å². The van der Waals surface area contributed by atoms with Gasteiger partial charge in [0.05, 0.1) is 22.3 Å². The molecule has 1 heterocycles. The van der Waals surface area contributed by atoms with Crippen LogP contribution in [0.3, 0.4) is 0 Å². The molecule has 1 N–H and O–H groups in total. The summed E-state index contributed by atoms with van der Waals surface area (Å²) in [6.07, 6.45) is -1.26. The number of alkyl halides is 3. The molecule has 1 aromatic carbocycles. The van der Waals surface area contributed by atoms with Crippen LogP contribution in [0.5, 0.6) is 0 Å². The van der Waals surface area contributed by atoms with Gasteiger partial charge in [-0.15, -0.1) is 11.3 Å². The van der Waals surface area contributed by atoms with Crippen LogP contribution in [0.15, 0.2) is 29.6 Å². The number of hydrogen-bond acceptors (Lipinski definition) is 2. The summed E-state index contributed by atoms with van der Waals surface area (Å²) in [7, 11) is 0. The lowest BCUT2D eigenvalue weighted by Crippen LogP contribution is -2.16. The number of rotatable bonds is 2. The number of benzene rings is 1. The number of aryl methyl sites for hydroxylation is 1. The molecule has 1 atom stereocenters. The first kappa shape index (κ1) is 14.7. The minimum absolute atomic E-state index is 0.104. The normalized spacial score (nSPS) is 18.4. The molecule has 1 aliphatic carbocycles. The smallest absolute Gasteiger partial charge is 0.377 e. The molecular formula is C15H13ClF3NS. The Bertz CT molecular complexity index is 651. The summed E-state index contributed by atoms with van der Waals surface area (Å²) in [5, 5.41) is 5.44. The van der Waals surface area contributed by atoms with Gasteiger partial charge in [-0.2, -0.15) is 13.2 Å². The van der Waals surface area contributed by atoms with Gasteiger partial charge in [0.2, 0.25) is 0 Å². The standard InChI is InChI=1S/C15H13ClF3NS/c16-11-8-9(15(17,18)19)4-5-13(11)20-12-2-1-3-14-10(12)6-7-21-14/h4-8,12,20H,1-3H2. The Morgan fingerprint density at radius 2 is 2.05 bits per heavy atom. The summed E-state index contributed by atoms with van der Waals surface area (Å²) in [6, 6.07) is 5.64. The molecule has 0 radical (unpaired) electrons. The third-order valence-electron chi connectivity index (χ3n) is 3.68. The molecule has 1 unspecified atom stereocenters. The van der Waals surface area contributed by atoms with E-state index in [2.05, 4.69) is 16.8 Å². The molecule has 112 valence electrons. The number of fused-ring (bicyclic) bond motifs is 1. The Kier molecular flexibility index (Phi) is 3.88. The molecule has 0 saturated carbocycles. The molecule has 21 heavy (non-hydrogen) atoms. The van der Waals surface area contributed by atoms with Gasteiger partial charge in [0, 0.05) is 4.88 Å². The second-order valence-corrected chi connectivity index (χ2v) is 6.49. The zero-order chi connectivity index (χ0) is 15.0. The second-order valence-electron chi connectivity index (χ2n) is 5.08. The SMILES string of the molecule is FC(F)(F)c1ccc(NC2CCCc3sccc32)c(Cl)c1. The van der Waals surface area contributed by atoms with Gasteiger partial charge in [0.15, 0.2) is 0 Å². The summed E-state index contributed by atoms with van der Waals surface area (Å²) in [6.45, 7) is 0. The van der Waals surface area contributed by atoms with E-state index in [0.717, 1.165) is 31.4 Å². The first-order valence-corrected chi connectivity index (χ1v) is 7.90. The molecule has 0 aliphatic heterocycles. The van der Waals surface area contributed by atoms with Crippen molar-refractivity contribution in [3.05, 3.63) is 50.7 Å². The lowest BCUT2D eigenvalue weighted by Gasteiger charge is -2.25. The molecule has 3 rings (SSSR count). The van der Waals surface area contributed by atoms with Gasteiger partial charge in [-0.25, -0.2) is 0 Å². The maximum Gasteiger partial charge on any atom is 0.416 e. The Balaban J connectivity index is 1.84. The molecule has 1 aliphatic rings. The largest absolute Gasteiger partial charge is 0.416 e. The third-order valence-corrected chi connectivity index (χ3v) is 4.99. The number of halogens is 4. The number of thiophene rings is 1. The van der Waals surface area contributed by atoms with Crippen molar-refractivity contribution in [3.63, 3.8) is 0 Å². The second kappa shape index (κ2) is 5.54. The summed E-state index contributed by atoms with van der Waals surface area (Å²) in [4.78, 5) is 1.35. The van der Waals surface area contributed by atoms with Crippen molar-refractivity contribution in [1.29, 1.82) is 0 Å². The van der Waals surface area contributed by atoms with Gasteiger partial charge in [-0.3, -0.25) is 0 Å². The molecule has 6 heteroatoms. The van der Waals surface area contributed by atoms with E-state index in [1.807, 2.05) is 0 Å². The quantitative estimate of drug-likeness (QED) is 0.721. The summed E-state index contributed by atoms with van der Waals surface area (Å²) in [5.74, 6) is 0. The van der Waals surface area contributed by atoms with Crippen molar-refractivity contribution < 1.29 is 13.2 Å². The van der Waals surface area contributed by atoms with E-state index >= 15 is 0 Å². The Morgan fingerprint density at radius 3 is 2.76 bits per heavy atom. The highest BCUT2D eigenvalue weighted by Gasteiger charge is 2.31. The van der Waals surface area contributed by atoms with Crippen molar-refractivity contribution in [2.24, 2.45) is 0 Å². The molecular weight excluding hydrogens is 319 g/mol. The zero-order valence-electron chi connectivity index (χ0n) is 11.0. The van der Waals surface area contributed by atoms with Crippen LogP contribution in [0.2, 0.25) is 5.02 Å². The molecule has 1 aromatic heterocycles. The van der Waals surface area contributed by atoms with Gasteiger partial charge in [0.25, 0.3) is 0 Å². The van der Waals surface area contributed by atoms with Crippen LogP contribution < -0.4 is 5.32 Å². The molecule has 0 fully saturated rings. The number of hydrogen-bond donors (Lipinski definition) is 1. The van der Waals surface area contributed by atoms with Crippen molar-refractivity contribution in [1.82, 2.24) is 0 Å². The first-order valence-electron chi connectivity index (χ1n) is 6.64. The predicted molar refractivity (Wildman–Crippen MR) is 80.1 cm³/mol. The predicted octanol–water partition coefficient (Wildman–Crippen LogP) is 5.91. The summed E-state index contributed by atoms with van der Waals surface area (Å²) < 4.78 is 37.9. The van der Waals surface area contributed by atoms with E-state index in [0.29, 0.717) is 5.69 Å². The fourth-order valence-corrected chi connectivity index (χ4v) is 3.86. The summed E-state index contributed by atoms with van der Waals surface area (Å²) >= 11 is 7.72. The van der Waals surface area contributed by atoms with Gasteiger partial charge >= 0.3 is 6.18 Å².